The number of Topliss-reactive ketones (excluding diaryl/α,β-unsaturated/α-hetero) is 1. The van der Waals surface area contributed by atoms with Gasteiger partial charge in [-0.15, -0.1) is 0 Å². The Bertz CT molecular complexity index is 708. The van der Waals surface area contributed by atoms with Gasteiger partial charge < -0.3 is 4.90 Å². The molecule has 1 aliphatic heterocycles. The summed E-state index contributed by atoms with van der Waals surface area (Å²) in [6.07, 6.45) is 0.935. The Labute approximate surface area is 124 Å². The number of halogens is 1. The molecule has 1 heterocycles. The van der Waals surface area contributed by atoms with Crippen molar-refractivity contribution in [1.29, 1.82) is 0 Å². The van der Waals surface area contributed by atoms with Gasteiger partial charge in [0.15, 0.2) is 5.78 Å². The van der Waals surface area contributed by atoms with Crippen molar-refractivity contribution in [1.82, 2.24) is 0 Å². The van der Waals surface area contributed by atoms with Crippen LogP contribution in [-0.2, 0) is 13.0 Å². The molecule has 0 saturated carbocycles. The SMILES string of the molecule is CC(=O)c1ccc2c(c1)CCN2Cc1cc(F)ccc1C. The van der Waals surface area contributed by atoms with Crippen LogP contribution in [0.2, 0.25) is 0 Å². The van der Waals surface area contributed by atoms with Crippen LogP contribution in [0.25, 0.3) is 0 Å². The molecule has 3 heteroatoms. The molecule has 0 saturated heterocycles. The van der Waals surface area contributed by atoms with Gasteiger partial charge in [-0.1, -0.05) is 6.07 Å². The Hall–Kier alpha value is -2.16. The third-order valence-corrected chi connectivity index (χ3v) is 4.15. The summed E-state index contributed by atoms with van der Waals surface area (Å²) in [5.74, 6) is -0.0980. The lowest BCUT2D eigenvalue weighted by Crippen LogP contribution is -2.20. The van der Waals surface area contributed by atoms with Gasteiger partial charge in [0, 0.05) is 24.3 Å². The van der Waals surface area contributed by atoms with Crippen LogP contribution in [0.4, 0.5) is 10.1 Å². The van der Waals surface area contributed by atoms with Gasteiger partial charge in [-0.2, -0.15) is 0 Å². The van der Waals surface area contributed by atoms with Crippen LogP contribution in [0.5, 0.6) is 0 Å². The van der Waals surface area contributed by atoms with Crippen molar-refractivity contribution in [3.63, 3.8) is 0 Å². The second kappa shape index (κ2) is 5.32. The third-order valence-electron chi connectivity index (χ3n) is 4.15. The fourth-order valence-corrected chi connectivity index (χ4v) is 2.87. The quantitative estimate of drug-likeness (QED) is 0.796. The molecule has 0 amide bonds. The molecule has 0 bridgehead atoms. The fraction of sp³-hybridized carbons (Fsp3) is 0.278. The molecule has 2 nitrogen and oxygen atoms in total. The smallest absolute Gasteiger partial charge is 0.159 e. The predicted molar refractivity (Wildman–Crippen MR) is 82.3 cm³/mol. The number of anilines is 1. The first-order valence-corrected chi connectivity index (χ1v) is 7.18. The van der Waals surface area contributed by atoms with Crippen molar-refractivity contribution < 1.29 is 9.18 Å². The minimum atomic E-state index is -0.193. The standard InChI is InChI=1S/C18H18FNO/c1-12-3-5-17(19)10-16(12)11-20-8-7-15-9-14(13(2)21)4-6-18(15)20/h3-6,9-10H,7-8,11H2,1-2H3. The van der Waals surface area contributed by atoms with Crippen molar-refractivity contribution in [3.8, 4) is 0 Å². The molecule has 0 atom stereocenters. The van der Waals surface area contributed by atoms with Gasteiger partial charge in [0.05, 0.1) is 0 Å². The van der Waals surface area contributed by atoms with Crippen molar-refractivity contribution in [2.24, 2.45) is 0 Å². The summed E-state index contributed by atoms with van der Waals surface area (Å²) in [6.45, 7) is 5.21. The van der Waals surface area contributed by atoms with Gasteiger partial charge in [0.2, 0.25) is 0 Å². The second-order valence-corrected chi connectivity index (χ2v) is 5.64. The molecule has 0 fully saturated rings. The van der Waals surface area contributed by atoms with Gasteiger partial charge in [-0.3, -0.25) is 4.79 Å². The highest BCUT2D eigenvalue weighted by Gasteiger charge is 2.20. The van der Waals surface area contributed by atoms with Gasteiger partial charge in [-0.25, -0.2) is 4.39 Å². The minimum absolute atomic E-state index is 0.0947. The topological polar surface area (TPSA) is 20.3 Å². The van der Waals surface area contributed by atoms with Gasteiger partial charge >= 0.3 is 0 Å². The number of carbonyl (C=O) groups excluding carboxylic acids is 1. The van der Waals surface area contributed by atoms with E-state index in [0.717, 1.165) is 35.3 Å². The number of rotatable bonds is 3. The number of carbonyl (C=O) groups is 1. The van der Waals surface area contributed by atoms with E-state index < -0.39 is 0 Å². The summed E-state index contributed by atoms with van der Waals surface area (Å²) in [7, 11) is 0. The summed E-state index contributed by atoms with van der Waals surface area (Å²) < 4.78 is 13.4. The second-order valence-electron chi connectivity index (χ2n) is 5.64. The van der Waals surface area contributed by atoms with Crippen LogP contribution in [-0.4, -0.2) is 12.3 Å². The number of benzene rings is 2. The lowest BCUT2D eigenvalue weighted by atomic mass is 10.1. The first kappa shape index (κ1) is 13.8. The highest BCUT2D eigenvalue weighted by atomic mass is 19.1. The van der Waals surface area contributed by atoms with Crippen molar-refractivity contribution in [2.75, 3.05) is 11.4 Å². The average molecular weight is 283 g/mol. The fourth-order valence-electron chi connectivity index (χ4n) is 2.87. The Morgan fingerprint density at radius 1 is 1.24 bits per heavy atom. The van der Waals surface area contributed by atoms with Gasteiger partial charge in [0.1, 0.15) is 5.82 Å². The molecule has 2 aromatic carbocycles. The number of ketones is 1. The summed E-state index contributed by atoms with van der Waals surface area (Å²) >= 11 is 0. The summed E-state index contributed by atoms with van der Waals surface area (Å²) in [5, 5.41) is 0. The summed E-state index contributed by atoms with van der Waals surface area (Å²) in [4.78, 5) is 13.7. The highest BCUT2D eigenvalue weighted by Crippen LogP contribution is 2.30. The van der Waals surface area contributed by atoms with E-state index in [1.807, 2.05) is 31.2 Å². The monoisotopic (exact) mass is 283 g/mol. The van der Waals surface area contributed by atoms with Crippen LogP contribution in [0.15, 0.2) is 36.4 Å². The zero-order chi connectivity index (χ0) is 15.0. The van der Waals surface area contributed by atoms with Crippen LogP contribution in [0.3, 0.4) is 0 Å². The molecule has 108 valence electrons. The highest BCUT2D eigenvalue weighted by molar-refractivity contribution is 5.94. The van der Waals surface area contributed by atoms with E-state index in [1.165, 1.54) is 11.6 Å². The Morgan fingerprint density at radius 2 is 2.05 bits per heavy atom. The molecular weight excluding hydrogens is 265 g/mol. The van der Waals surface area contributed by atoms with E-state index in [0.29, 0.717) is 6.54 Å². The number of hydrogen-bond donors (Lipinski definition) is 0. The number of fused-ring (bicyclic) bond motifs is 1. The van der Waals surface area contributed by atoms with Crippen molar-refractivity contribution >= 4 is 11.5 Å². The first-order valence-electron chi connectivity index (χ1n) is 7.18. The molecule has 0 radical (unpaired) electrons. The number of aryl methyl sites for hydroxylation is 1. The van der Waals surface area contributed by atoms with Crippen molar-refractivity contribution in [3.05, 3.63) is 64.5 Å². The third kappa shape index (κ3) is 2.68. The Kier molecular flexibility index (Phi) is 3.50. The lowest BCUT2D eigenvalue weighted by Gasteiger charge is -2.21. The lowest BCUT2D eigenvalue weighted by molar-refractivity contribution is 0.101. The molecule has 1 aliphatic rings. The molecule has 2 aromatic rings. The van der Waals surface area contributed by atoms with Crippen LogP contribution >= 0.6 is 0 Å². The molecule has 0 N–H and O–H groups in total. The molecule has 0 aliphatic carbocycles. The van der Waals surface area contributed by atoms with Crippen molar-refractivity contribution in [2.45, 2.75) is 26.8 Å². The molecule has 3 rings (SSSR count). The number of hydrogen-bond acceptors (Lipinski definition) is 2. The molecule has 21 heavy (non-hydrogen) atoms. The van der Waals surface area contributed by atoms with E-state index in [-0.39, 0.29) is 11.6 Å². The van der Waals surface area contributed by atoms with Gasteiger partial charge in [0.25, 0.3) is 0 Å². The van der Waals surface area contributed by atoms with Crippen LogP contribution in [0.1, 0.15) is 34.0 Å². The zero-order valence-electron chi connectivity index (χ0n) is 12.3. The van der Waals surface area contributed by atoms with Crippen LogP contribution < -0.4 is 4.90 Å². The average Bonchev–Trinajstić information content (AvgIpc) is 2.85. The maximum absolute atomic E-state index is 13.4. The normalized spacial score (nSPS) is 13.4. The molecule has 0 unspecified atom stereocenters. The van der Waals surface area contributed by atoms with E-state index in [2.05, 4.69) is 4.90 Å². The zero-order valence-corrected chi connectivity index (χ0v) is 12.3. The van der Waals surface area contributed by atoms with E-state index in [9.17, 15) is 9.18 Å². The first-order chi connectivity index (χ1) is 10.0. The predicted octanol–water partition coefficient (Wildman–Crippen LogP) is 3.90. The molecule has 0 spiro atoms. The number of nitrogens with zero attached hydrogens (tertiary/aromatic N) is 1. The van der Waals surface area contributed by atoms with Crippen LogP contribution in [0, 0.1) is 12.7 Å². The largest absolute Gasteiger partial charge is 0.367 e. The van der Waals surface area contributed by atoms with E-state index >= 15 is 0 Å². The Balaban J connectivity index is 1.88. The Morgan fingerprint density at radius 3 is 2.81 bits per heavy atom. The summed E-state index contributed by atoms with van der Waals surface area (Å²) in [6, 6.07) is 10.8. The van der Waals surface area contributed by atoms with E-state index in [1.54, 1.807) is 13.0 Å². The summed E-state index contributed by atoms with van der Waals surface area (Å²) in [5.41, 5.74) is 5.24. The maximum atomic E-state index is 13.4. The molecular formula is C18H18FNO. The van der Waals surface area contributed by atoms with Gasteiger partial charge in [-0.05, 0) is 67.3 Å². The maximum Gasteiger partial charge on any atom is 0.159 e. The molecule has 0 aromatic heterocycles. The van der Waals surface area contributed by atoms with E-state index in [4.69, 9.17) is 0 Å². The minimum Gasteiger partial charge on any atom is -0.367 e.